The van der Waals surface area contributed by atoms with E-state index < -0.39 is 0 Å². The third-order valence-corrected chi connectivity index (χ3v) is 5.35. The van der Waals surface area contributed by atoms with Gasteiger partial charge in [-0.15, -0.1) is 0 Å². The number of benzene rings is 4. The molecule has 0 saturated carbocycles. The Kier molecular flexibility index (Phi) is 3.91. The van der Waals surface area contributed by atoms with Gasteiger partial charge in [0.1, 0.15) is 0 Å². The summed E-state index contributed by atoms with van der Waals surface area (Å²) in [5.41, 5.74) is 8.33. The summed E-state index contributed by atoms with van der Waals surface area (Å²) in [6, 6.07) is 31.6. The summed E-state index contributed by atoms with van der Waals surface area (Å²) >= 11 is 0. The maximum atomic E-state index is 6.15. The lowest BCUT2D eigenvalue weighted by Gasteiger charge is -2.33. The molecule has 4 aromatic rings. The molecule has 0 aliphatic carbocycles. The maximum Gasteiger partial charge on any atom is 0.151 e. The molecule has 0 radical (unpaired) electrons. The van der Waals surface area contributed by atoms with Crippen molar-refractivity contribution in [2.75, 3.05) is 4.90 Å². The number of hydrogen-bond donors (Lipinski definition) is 0. The Balaban J connectivity index is 1.73. The molecule has 0 atom stereocenters. The first kappa shape index (κ1) is 16.6. The molecule has 0 bridgehead atoms. The van der Waals surface area contributed by atoms with Gasteiger partial charge in [0, 0.05) is 5.69 Å². The highest BCUT2D eigenvalue weighted by atomic mass is 16.5. The van der Waals surface area contributed by atoms with Crippen LogP contribution >= 0.6 is 0 Å². The molecule has 0 fully saturated rings. The van der Waals surface area contributed by atoms with E-state index in [-0.39, 0.29) is 0 Å². The number of anilines is 3. The molecule has 0 amide bonds. The van der Waals surface area contributed by atoms with Crippen LogP contribution in [-0.4, -0.2) is 0 Å². The zero-order valence-corrected chi connectivity index (χ0v) is 16.0. The SMILES string of the molecule is Cc1ccccc1-c1cc(N2c3ccccc3Oc3ccccc32)ccc1C. The maximum absolute atomic E-state index is 6.15. The highest BCUT2D eigenvalue weighted by Crippen LogP contribution is 2.50. The van der Waals surface area contributed by atoms with Gasteiger partial charge < -0.3 is 9.64 Å². The zero-order chi connectivity index (χ0) is 19.1. The molecule has 2 heteroatoms. The summed E-state index contributed by atoms with van der Waals surface area (Å²) in [6.45, 7) is 4.34. The Morgan fingerprint density at radius 2 is 1.14 bits per heavy atom. The van der Waals surface area contributed by atoms with Gasteiger partial charge >= 0.3 is 0 Å². The van der Waals surface area contributed by atoms with Crippen molar-refractivity contribution in [2.45, 2.75) is 13.8 Å². The number of rotatable bonds is 2. The number of hydrogen-bond acceptors (Lipinski definition) is 2. The van der Waals surface area contributed by atoms with Gasteiger partial charge in [0.15, 0.2) is 11.5 Å². The van der Waals surface area contributed by atoms with Crippen LogP contribution in [0, 0.1) is 13.8 Å². The molecular weight excluding hydrogens is 342 g/mol. The zero-order valence-electron chi connectivity index (χ0n) is 16.0. The van der Waals surface area contributed by atoms with E-state index in [0.29, 0.717) is 0 Å². The molecule has 0 N–H and O–H groups in total. The summed E-state index contributed by atoms with van der Waals surface area (Å²) in [5.74, 6) is 1.75. The quantitative estimate of drug-likeness (QED) is 0.321. The van der Waals surface area contributed by atoms with Gasteiger partial charge in [-0.2, -0.15) is 0 Å². The molecule has 4 aromatic carbocycles. The molecule has 1 heterocycles. The van der Waals surface area contributed by atoms with Crippen LogP contribution in [0.1, 0.15) is 11.1 Å². The van der Waals surface area contributed by atoms with Crippen molar-refractivity contribution in [1.29, 1.82) is 0 Å². The summed E-state index contributed by atoms with van der Waals surface area (Å²) in [7, 11) is 0. The lowest BCUT2D eigenvalue weighted by atomic mass is 9.95. The standard InChI is InChI=1S/C26H21NO/c1-18-9-3-4-10-21(18)22-17-20(16-15-19(22)2)27-23-11-5-7-13-25(23)28-26-14-8-6-12-24(26)27/h3-17H,1-2H3. The lowest BCUT2D eigenvalue weighted by molar-refractivity contribution is 0.477. The fourth-order valence-corrected chi connectivity index (χ4v) is 3.90. The van der Waals surface area contributed by atoms with Gasteiger partial charge in [0.2, 0.25) is 0 Å². The predicted molar refractivity (Wildman–Crippen MR) is 116 cm³/mol. The fourth-order valence-electron chi connectivity index (χ4n) is 3.90. The fraction of sp³-hybridized carbons (Fsp3) is 0.0769. The number of ether oxygens (including phenoxy) is 1. The Labute approximate surface area is 165 Å². The minimum Gasteiger partial charge on any atom is -0.453 e. The molecule has 28 heavy (non-hydrogen) atoms. The molecule has 1 aliphatic heterocycles. The van der Waals surface area contributed by atoms with Crippen molar-refractivity contribution in [3.63, 3.8) is 0 Å². The average molecular weight is 363 g/mol. The van der Waals surface area contributed by atoms with Crippen LogP contribution in [0.5, 0.6) is 11.5 Å². The summed E-state index contributed by atoms with van der Waals surface area (Å²) in [4.78, 5) is 2.29. The number of fused-ring (bicyclic) bond motifs is 2. The smallest absolute Gasteiger partial charge is 0.151 e. The van der Waals surface area contributed by atoms with Crippen LogP contribution in [0.4, 0.5) is 17.1 Å². The predicted octanol–water partition coefficient (Wildman–Crippen LogP) is 7.55. The first-order valence-electron chi connectivity index (χ1n) is 9.55. The topological polar surface area (TPSA) is 12.5 Å². The highest BCUT2D eigenvalue weighted by Gasteiger charge is 2.25. The number of para-hydroxylation sites is 4. The molecule has 0 saturated heterocycles. The molecule has 0 aromatic heterocycles. The van der Waals surface area contributed by atoms with Crippen molar-refractivity contribution in [3.8, 4) is 22.6 Å². The summed E-state index contributed by atoms with van der Waals surface area (Å²) in [6.07, 6.45) is 0. The van der Waals surface area contributed by atoms with E-state index in [9.17, 15) is 0 Å². The second-order valence-electron chi connectivity index (χ2n) is 7.19. The van der Waals surface area contributed by atoms with Gasteiger partial charge in [0.05, 0.1) is 11.4 Å². The second kappa shape index (κ2) is 6.58. The molecular formula is C26H21NO. The van der Waals surface area contributed by atoms with Crippen molar-refractivity contribution < 1.29 is 4.74 Å². The molecule has 0 spiro atoms. The van der Waals surface area contributed by atoms with Crippen LogP contribution in [0.3, 0.4) is 0 Å². The van der Waals surface area contributed by atoms with Gasteiger partial charge in [-0.3, -0.25) is 0 Å². The van der Waals surface area contributed by atoms with Gasteiger partial charge in [0.25, 0.3) is 0 Å². The van der Waals surface area contributed by atoms with Crippen LogP contribution in [0.15, 0.2) is 91.0 Å². The van der Waals surface area contributed by atoms with E-state index in [1.165, 1.54) is 22.3 Å². The van der Waals surface area contributed by atoms with Crippen LogP contribution < -0.4 is 9.64 Å². The van der Waals surface area contributed by atoms with E-state index in [1.54, 1.807) is 0 Å². The normalized spacial score (nSPS) is 12.1. The molecule has 1 aliphatic rings. The lowest BCUT2D eigenvalue weighted by Crippen LogP contribution is -2.15. The summed E-state index contributed by atoms with van der Waals surface area (Å²) < 4.78 is 6.15. The first-order valence-corrected chi connectivity index (χ1v) is 9.55. The molecule has 5 rings (SSSR count). The van der Waals surface area contributed by atoms with E-state index in [2.05, 4.69) is 85.5 Å². The van der Waals surface area contributed by atoms with E-state index in [1.807, 2.05) is 24.3 Å². The molecule has 0 unspecified atom stereocenters. The third kappa shape index (κ3) is 2.66. The number of nitrogens with zero attached hydrogens (tertiary/aromatic N) is 1. The minimum atomic E-state index is 0.874. The Morgan fingerprint density at radius 1 is 0.571 bits per heavy atom. The largest absolute Gasteiger partial charge is 0.453 e. The first-order chi connectivity index (χ1) is 13.7. The summed E-state index contributed by atoms with van der Waals surface area (Å²) in [5, 5.41) is 0. The Morgan fingerprint density at radius 3 is 1.82 bits per heavy atom. The second-order valence-corrected chi connectivity index (χ2v) is 7.19. The van der Waals surface area contributed by atoms with Gasteiger partial charge in [-0.1, -0.05) is 54.6 Å². The monoisotopic (exact) mass is 363 g/mol. The van der Waals surface area contributed by atoms with Crippen molar-refractivity contribution in [2.24, 2.45) is 0 Å². The average Bonchev–Trinajstić information content (AvgIpc) is 2.73. The molecule has 2 nitrogen and oxygen atoms in total. The van der Waals surface area contributed by atoms with Crippen molar-refractivity contribution >= 4 is 17.1 Å². The van der Waals surface area contributed by atoms with Crippen molar-refractivity contribution in [3.05, 3.63) is 102 Å². The van der Waals surface area contributed by atoms with Crippen LogP contribution in [-0.2, 0) is 0 Å². The van der Waals surface area contributed by atoms with E-state index >= 15 is 0 Å². The van der Waals surface area contributed by atoms with Gasteiger partial charge in [-0.05, 0) is 72.5 Å². The van der Waals surface area contributed by atoms with E-state index in [0.717, 1.165) is 28.6 Å². The van der Waals surface area contributed by atoms with E-state index in [4.69, 9.17) is 4.74 Å². The van der Waals surface area contributed by atoms with Crippen LogP contribution in [0.25, 0.3) is 11.1 Å². The number of aryl methyl sites for hydroxylation is 2. The van der Waals surface area contributed by atoms with Crippen molar-refractivity contribution in [1.82, 2.24) is 0 Å². The Bertz CT molecular complexity index is 1130. The minimum absolute atomic E-state index is 0.874. The van der Waals surface area contributed by atoms with Crippen LogP contribution in [0.2, 0.25) is 0 Å². The third-order valence-electron chi connectivity index (χ3n) is 5.35. The Hall–Kier alpha value is -3.52. The van der Waals surface area contributed by atoms with Gasteiger partial charge in [-0.25, -0.2) is 0 Å². The highest BCUT2D eigenvalue weighted by molar-refractivity contribution is 5.88. The molecule has 136 valence electrons.